The van der Waals surface area contributed by atoms with Crippen LogP contribution in [-0.2, 0) is 0 Å². The van der Waals surface area contributed by atoms with E-state index in [1.165, 1.54) is 11.8 Å². The summed E-state index contributed by atoms with van der Waals surface area (Å²) in [6, 6.07) is 1.78. The summed E-state index contributed by atoms with van der Waals surface area (Å²) in [6.07, 6.45) is 3.45. The molecule has 0 aliphatic carbocycles. The van der Waals surface area contributed by atoms with Gasteiger partial charge in [-0.15, -0.1) is 0 Å². The van der Waals surface area contributed by atoms with Crippen molar-refractivity contribution >= 4 is 27.7 Å². The number of hydrogen-bond donors (Lipinski definition) is 0. The second kappa shape index (κ2) is 3.55. The average molecular weight is 261 g/mol. The van der Waals surface area contributed by atoms with Crippen molar-refractivity contribution in [1.82, 2.24) is 10.1 Å². The summed E-state index contributed by atoms with van der Waals surface area (Å²) in [6.45, 7) is 0. The highest BCUT2D eigenvalue weighted by molar-refractivity contribution is 9.10. The molecule has 0 fully saturated rings. The SMILES string of the molecule is CSc1noc(-c2coc(Br)c2)n1. The molecule has 0 saturated carbocycles. The molecule has 0 bridgehead atoms. The van der Waals surface area contributed by atoms with Crippen LogP contribution in [0.3, 0.4) is 0 Å². The van der Waals surface area contributed by atoms with E-state index in [9.17, 15) is 0 Å². The first-order valence-corrected chi connectivity index (χ1v) is 5.43. The minimum Gasteiger partial charge on any atom is -0.457 e. The third kappa shape index (κ3) is 1.78. The molecule has 2 rings (SSSR count). The molecule has 0 atom stereocenters. The minimum atomic E-state index is 0.471. The first-order chi connectivity index (χ1) is 6.29. The van der Waals surface area contributed by atoms with Gasteiger partial charge in [0.15, 0.2) is 4.67 Å². The molecule has 2 heterocycles. The average Bonchev–Trinajstić information content (AvgIpc) is 2.71. The van der Waals surface area contributed by atoms with Gasteiger partial charge in [0.05, 0.1) is 5.56 Å². The van der Waals surface area contributed by atoms with E-state index >= 15 is 0 Å². The summed E-state index contributed by atoms with van der Waals surface area (Å²) >= 11 is 4.62. The molecule has 0 aromatic carbocycles. The molecule has 0 N–H and O–H groups in total. The number of thioether (sulfide) groups is 1. The zero-order valence-corrected chi connectivity index (χ0v) is 9.05. The maximum absolute atomic E-state index is 5.04. The van der Waals surface area contributed by atoms with Crippen molar-refractivity contribution in [2.75, 3.05) is 6.26 Å². The maximum atomic E-state index is 5.04. The Morgan fingerprint density at radius 1 is 1.54 bits per heavy atom. The fourth-order valence-electron chi connectivity index (χ4n) is 0.832. The molecule has 2 aromatic heterocycles. The van der Waals surface area contributed by atoms with Gasteiger partial charge in [-0.1, -0.05) is 11.8 Å². The van der Waals surface area contributed by atoms with Crippen molar-refractivity contribution in [3.8, 4) is 11.5 Å². The molecule has 68 valence electrons. The largest absolute Gasteiger partial charge is 0.457 e. The Hall–Kier alpha value is -0.750. The molecule has 6 heteroatoms. The fourth-order valence-corrected chi connectivity index (χ4v) is 1.46. The normalized spacial score (nSPS) is 10.6. The minimum absolute atomic E-state index is 0.471. The van der Waals surface area contributed by atoms with Gasteiger partial charge in [0.2, 0.25) is 5.16 Å². The molecular weight excluding hydrogens is 256 g/mol. The number of nitrogens with zero attached hydrogens (tertiary/aromatic N) is 2. The highest BCUT2D eigenvalue weighted by atomic mass is 79.9. The summed E-state index contributed by atoms with van der Waals surface area (Å²) in [5, 5.41) is 4.36. The van der Waals surface area contributed by atoms with Crippen LogP contribution in [0.25, 0.3) is 11.5 Å². The van der Waals surface area contributed by atoms with Gasteiger partial charge in [0.25, 0.3) is 5.89 Å². The van der Waals surface area contributed by atoms with E-state index in [1.54, 1.807) is 12.3 Å². The maximum Gasteiger partial charge on any atom is 0.261 e. The van der Waals surface area contributed by atoms with E-state index in [0.717, 1.165) is 5.56 Å². The van der Waals surface area contributed by atoms with Gasteiger partial charge in [-0.2, -0.15) is 4.98 Å². The van der Waals surface area contributed by atoms with Crippen LogP contribution >= 0.6 is 27.7 Å². The Kier molecular flexibility index (Phi) is 2.41. The van der Waals surface area contributed by atoms with Crippen molar-refractivity contribution in [3.63, 3.8) is 0 Å². The van der Waals surface area contributed by atoms with E-state index in [-0.39, 0.29) is 0 Å². The first-order valence-electron chi connectivity index (χ1n) is 3.41. The highest BCUT2D eigenvalue weighted by Gasteiger charge is 2.10. The molecule has 4 nitrogen and oxygen atoms in total. The third-order valence-corrected chi connectivity index (χ3v) is 2.35. The topological polar surface area (TPSA) is 52.1 Å². The molecule has 0 aliphatic heterocycles. The van der Waals surface area contributed by atoms with E-state index in [2.05, 4.69) is 26.1 Å². The zero-order valence-electron chi connectivity index (χ0n) is 6.65. The van der Waals surface area contributed by atoms with E-state index in [0.29, 0.717) is 15.7 Å². The predicted octanol–water partition coefficient (Wildman–Crippen LogP) is 2.81. The number of rotatable bonds is 2. The third-order valence-electron chi connectivity index (χ3n) is 1.40. The van der Waals surface area contributed by atoms with Gasteiger partial charge in [0.1, 0.15) is 6.26 Å². The molecule has 0 unspecified atom stereocenters. The first kappa shape index (κ1) is 8.83. The predicted molar refractivity (Wildman–Crippen MR) is 51.5 cm³/mol. The van der Waals surface area contributed by atoms with Gasteiger partial charge in [-0.3, -0.25) is 0 Å². The monoisotopic (exact) mass is 260 g/mol. The van der Waals surface area contributed by atoms with Crippen LogP contribution in [0.15, 0.2) is 31.1 Å². The Balaban J connectivity index is 2.35. The lowest BCUT2D eigenvalue weighted by atomic mass is 10.3. The van der Waals surface area contributed by atoms with Crippen LogP contribution < -0.4 is 0 Å². The lowest BCUT2D eigenvalue weighted by Gasteiger charge is -1.80. The van der Waals surface area contributed by atoms with Gasteiger partial charge >= 0.3 is 0 Å². The van der Waals surface area contributed by atoms with Gasteiger partial charge in [0, 0.05) is 6.07 Å². The standard InChI is InChI=1S/C7H5BrN2O2S/c1-13-7-9-6(12-10-7)4-2-5(8)11-3-4/h2-3H,1H3. The number of aromatic nitrogens is 2. The quantitative estimate of drug-likeness (QED) is 0.778. The van der Waals surface area contributed by atoms with Crippen molar-refractivity contribution in [1.29, 1.82) is 0 Å². The second-order valence-corrected chi connectivity index (χ2v) is 3.78. The Morgan fingerprint density at radius 2 is 2.38 bits per heavy atom. The molecule has 0 saturated heterocycles. The molecule has 13 heavy (non-hydrogen) atoms. The molecule has 0 radical (unpaired) electrons. The van der Waals surface area contributed by atoms with E-state index < -0.39 is 0 Å². The van der Waals surface area contributed by atoms with Crippen LogP contribution in [0.1, 0.15) is 0 Å². The van der Waals surface area contributed by atoms with Crippen molar-refractivity contribution < 1.29 is 8.94 Å². The lowest BCUT2D eigenvalue weighted by Crippen LogP contribution is -1.72. The number of hydrogen-bond acceptors (Lipinski definition) is 5. The van der Waals surface area contributed by atoms with E-state index in [4.69, 9.17) is 8.94 Å². The summed E-state index contributed by atoms with van der Waals surface area (Å²) in [7, 11) is 0. The van der Waals surface area contributed by atoms with Gasteiger partial charge in [-0.05, 0) is 27.3 Å². The fraction of sp³-hybridized carbons (Fsp3) is 0.143. The highest BCUT2D eigenvalue weighted by Crippen LogP contribution is 2.24. The Labute approximate surface area is 86.8 Å². The van der Waals surface area contributed by atoms with Crippen LogP contribution in [0.2, 0.25) is 0 Å². The second-order valence-electron chi connectivity index (χ2n) is 2.23. The summed E-state index contributed by atoms with van der Waals surface area (Å²) in [5.41, 5.74) is 0.777. The van der Waals surface area contributed by atoms with Crippen molar-refractivity contribution in [3.05, 3.63) is 17.0 Å². The summed E-state index contributed by atoms with van der Waals surface area (Å²) < 4.78 is 10.7. The van der Waals surface area contributed by atoms with Gasteiger partial charge in [-0.25, -0.2) is 0 Å². The molecule has 0 aliphatic rings. The lowest BCUT2D eigenvalue weighted by molar-refractivity contribution is 0.414. The van der Waals surface area contributed by atoms with Crippen LogP contribution in [0.5, 0.6) is 0 Å². The zero-order chi connectivity index (χ0) is 9.26. The summed E-state index contributed by atoms with van der Waals surface area (Å²) in [5.74, 6) is 0.471. The van der Waals surface area contributed by atoms with Crippen molar-refractivity contribution in [2.45, 2.75) is 5.16 Å². The van der Waals surface area contributed by atoms with Crippen LogP contribution in [-0.4, -0.2) is 16.4 Å². The Bertz CT molecular complexity index is 412. The van der Waals surface area contributed by atoms with Crippen molar-refractivity contribution in [2.24, 2.45) is 0 Å². The molecule has 0 spiro atoms. The Morgan fingerprint density at radius 3 is 2.92 bits per heavy atom. The molecule has 2 aromatic rings. The van der Waals surface area contributed by atoms with Crippen LogP contribution in [0.4, 0.5) is 0 Å². The summed E-state index contributed by atoms with van der Waals surface area (Å²) in [4.78, 5) is 4.12. The smallest absolute Gasteiger partial charge is 0.261 e. The van der Waals surface area contributed by atoms with Gasteiger partial charge < -0.3 is 8.94 Å². The molecule has 0 amide bonds. The van der Waals surface area contributed by atoms with Crippen LogP contribution in [0, 0.1) is 0 Å². The number of furan rings is 1. The number of halogens is 1. The molecular formula is C7H5BrN2O2S. The van der Waals surface area contributed by atoms with E-state index in [1.807, 2.05) is 6.26 Å².